The van der Waals surface area contributed by atoms with Gasteiger partial charge in [-0.05, 0) is 50.2 Å². The molecular weight excluding hydrogens is 420 g/mol. The predicted molar refractivity (Wildman–Crippen MR) is 126 cm³/mol. The van der Waals surface area contributed by atoms with Gasteiger partial charge in [0.25, 0.3) is 0 Å². The van der Waals surface area contributed by atoms with E-state index in [9.17, 15) is 5.11 Å². The molecule has 4 heterocycles. The molecule has 2 atom stereocenters. The molecular formula is C24H32N6O3. The maximum absolute atomic E-state index is 11.0. The molecule has 9 heteroatoms. The summed E-state index contributed by atoms with van der Waals surface area (Å²) in [4.78, 5) is 13.5. The molecule has 2 aliphatic heterocycles. The summed E-state index contributed by atoms with van der Waals surface area (Å²) in [6.45, 7) is 8.79. The Morgan fingerprint density at radius 2 is 1.88 bits per heavy atom. The van der Waals surface area contributed by atoms with Crippen molar-refractivity contribution in [3.63, 3.8) is 0 Å². The van der Waals surface area contributed by atoms with Gasteiger partial charge in [0.2, 0.25) is 0 Å². The summed E-state index contributed by atoms with van der Waals surface area (Å²) in [5, 5.41) is 16.7. The number of rotatable bonds is 4. The summed E-state index contributed by atoms with van der Waals surface area (Å²) in [6, 6.07) is 6.59. The van der Waals surface area contributed by atoms with Gasteiger partial charge >= 0.3 is 6.01 Å². The number of aliphatic hydroxyl groups excluding tert-OH is 1. The van der Waals surface area contributed by atoms with Crippen molar-refractivity contribution in [3.05, 3.63) is 35.5 Å². The summed E-state index contributed by atoms with van der Waals surface area (Å²) < 4.78 is 12.7. The molecule has 1 aromatic carbocycles. The second-order valence-corrected chi connectivity index (χ2v) is 9.40. The first-order chi connectivity index (χ1) is 15.9. The van der Waals surface area contributed by atoms with E-state index in [4.69, 9.17) is 9.47 Å². The number of β-amino-alcohol motifs (C(OH)–C–C–N with tert-alkyl or cyclic N) is 1. The summed E-state index contributed by atoms with van der Waals surface area (Å²) in [7, 11) is 3.63. The Morgan fingerprint density at radius 1 is 1.12 bits per heavy atom. The third kappa shape index (κ3) is 3.94. The van der Waals surface area contributed by atoms with Crippen LogP contribution in [0.15, 0.2) is 24.4 Å². The molecule has 2 aromatic heterocycles. The van der Waals surface area contributed by atoms with Crippen LogP contribution in [0.4, 0.5) is 5.82 Å². The molecule has 2 saturated heterocycles. The van der Waals surface area contributed by atoms with Gasteiger partial charge in [-0.15, -0.1) is 0 Å². The van der Waals surface area contributed by atoms with Crippen LogP contribution < -0.4 is 9.64 Å². The highest BCUT2D eigenvalue weighted by molar-refractivity contribution is 5.82. The van der Waals surface area contributed by atoms with E-state index in [1.807, 2.05) is 16.9 Å². The maximum atomic E-state index is 11.0. The number of hydrogen-bond acceptors (Lipinski definition) is 8. The van der Waals surface area contributed by atoms with E-state index in [0.29, 0.717) is 31.6 Å². The number of morpholine rings is 1. The van der Waals surface area contributed by atoms with Crippen molar-refractivity contribution in [1.29, 1.82) is 0 Å². The Kier molecular flexibility index (Phi) is 5.72. The van der Waals surface area contributed by atoms with E-state index in [1.54, 1.807) is 7.11 Å². The Hall–Kier alpha value is -2.75. The van der Waals surface area contributed by atoms with Crippen molar-refractivity contribution in [2.24, 2.45) is 0 Å². The highest BCUT2D eigenvalue weighted by Gasteiger charge is 2.40. The molecule has 0 bridgehead atoms. The van der Waals surface area contributed by atoms with Gasteiger partial charge in [-0.3, -0.25) is 0 Å². The first kappa shape index (κ1) is 22.1. The monoisotopic (exact) mass is 452 g/mol. The van der Waals surface area contributed by atoms with Gasteiger partial charge in [0.05, 0.1) is 38.1 Å². The van der Waals surface area contributed by atoms with Gasteiger partial charge < -0.3 is 24.4 Å². The zero-order valence-corrected chi connectivity index (χ0v) is 19.8. The van der Waals surface area contributed by atoms with Crippen molar-refractivity contribution in [1.82, 2.24) is 24.6 Å². The number of likely N-dealkylation sites (N-methyl/N-ethyl adjacent to an activating group) is 1. The number of ether oxygens (including phenoxy) is 2. The minimum atomic E-state index is -0.434. The van der Waals surface area contributed by atoms with E-state index in [-0.39, 0.29) is 5.41 Å². The van der Waals surface area contributed by atoms with E-state index >= 15 is 0 Å². The fraction of sp³-hybridized carbons (Fsp3) is 0.542. The van der Waals surface area contributed by atoms with E-state index in [1.165, 1.54) is 5.56 Å². The number of aliphatic hydroxyl groups is 1. The molecule has 5 rings (SSSR count). The van der Waals surface area contributed by atoms with Crippen molar-refractivity contribution in [3.8, 4) is 11.8 Å². The lowest BCUT2D eigenvalue weighted by molar-refractivity contribution is 0.0168. The number of hydrogen-bond donors (Lipinski definition) is 1. The summed E-state index contributed by atoms with van der Waals surface area (Å²) in [5.74, 6) is 1.45. The second kappa shape index (κ2) is 8.55. The van der Waals surface area contributed by atoms with Crippen LogP contribution in [0.3, 0.4) is 0 Å². The van der Waals surface area contributed by atoms with Gasteiger partial charge in [-0.2, -0.15) is 15.1 Å². The SMILES string of the molecule is COc1nc(N2CCOCC2)cc(-n2ncc3cc(C)c(C4(C)CCN(C)CC4O)cc32)n1. The predicted octanol–water partition coefficient (Wildman–Crippen LogP) is 1.92. The lowest BCUT2D eigenvalue weighted by atomic mass is 9.71. The van der Waals surface area contributed by atoms with Crippen molar-refractivity contribution in [2.45, 2.75) is 31.8 Å². The fourth-order valence-electron chi connectivity index (χ4n) is 5.03. The van der Waals surface area contributed by atoms with Crippen LogP contribution in [-0.2, 0) is 10.2 Å². The normalized spacial score (nSPS) is 24.4. The Bertz CT molecular complexity index is 1160. The van der Waals surface area contributed by atoms with Crippen LogP contribution in [0.1, 0.15) is 24.5 Å². The molecule has 2 unspecified atom stereocenters. The molecule has 0 radical (unpaired) electrons. The highest BCUT2D eigenvalue weighted by Crippen LogP contribution is 2.39. The molecule has 0 aliphatic carbocycles. The standard InChI is InChI=1S/C24H32N6O3/c1-16-11-17-14-25-30(19(17)12-18(16)24(2)5-6-28(3)15-20(24)31)22-13-21(26-23(27-22)32-4)29-7-9-33-10-8-29/h11-14,20,31H,5-10,15H2,1-4H3. The zero-order valence-electron chi connectivity index (χ0n) is 19.8. The van der Waals surface area contributed by atoms with Crippen LogP contribution in [0.25, 0.3) is 16.7 Å². The Morgan fingerprint density at radius 3 is 2.61 bits per heavy atom. The van der Waals surface area contributed by atoms with Gasteiger partial charge in [-0.25, -0.2) is 4.68 Å². The molecule has 2 fully saturated rings. The highest BCUT2D eigenvalue weighted by atomic mass is 16.5. The lowest BCUT2D eigenvalue weighted by Gasteiger charge is -2.43. The molecule has 0 saturated carbocycles. The van der Waals surface area contributed by atoms with Gasteiger partial charge in [0.1, 0.15) is 5.82 Å². The third-order valence-electron chi connectivity index (χ3n) is 7.18. The molecule has 0 amide bonds. The number of fused-ring (bicyclic) bond motifs is 1. The number of aryl methyl sites for hydroxylation is 1. The molecule has 176 valence electrons. The van der Waals surface area contributed by atoms with E-state index in [0.717, 1.165) is 48.3 Å². The van der Waals surface area contributed by atoms with Gasteiger partial charge in [0, 0.05) is 36.5 Å². The number of methoxy groups -OCH3 is 1. The Labute approximate surface area is 193 Å². The van der Waals surface area contributed by atoms with Crippen molar-refractivity contribution < 1.29 is 14.6 Å². The van der Waals surface area contributed by atoms with Gasteiger partial charge in [-0.1, -0.05) is 6.92 Å². The largest absolute Gasteiger partial charge is 0.467 e. The van der Waals surface area contributed by atoms with Crippen LogP contribution in [0.2, 0.25) is 0 Å². The summed E-state index contributed by atoms with van der Waals surface area (Å²) in [5.41, 5.74) is 2.97. The zero-order chi connectivity index (χ0) is 23.2. The smallest absolute Gasteiger partial charge is 0.320 e. The van der Waals surface area contributed by atoms with E-state index in [2.05, 4.69) is 57.9 Å². The second-order valence-electron chi connectivity index (χ2n) is 9.40. The number of likely N-dealkylation sites (tertiary alicyclic amines) is 1. The van der Waals surface area contributed by atoms with Crippen LogP contribution in [0.5, 0.6) is 6.01 Å². The minimum Gasteiger partial charge on any atom is -0.467 e. The molecule has 3 aromatic rings. The number of piperidine rings is 1. The number of aromatic nitrogens is 4. The van der Waals surface area contributed by atoms with E-state index < -0.39 is 6.10 Å². The van der Waals surface area contributed by atoms with Crippen LogP contribution >= 0.6 is 0 Å². The van der Waals surface area contributed by atoms with Crippen LogP contribution in [-0.4, -0.2) is 89.4 Å². The maximum Gasteiger partial charge on any atom is 0.320 e. The number of anilines is 1. The first-order valence-corrected chi connectivity index (χ1v) is 11.5. The van der Waals surface area contributed by atoms with Crippen molar-refractivity contribution >= 4 is 16.7 Å². The average Bonchev–Trinajstić information content (AvgIpc) is 3.24. The average molecular weight is 453 g/mol. The van der Waals surface area contributed by atoms with Gasteiger partial charge in [0.15, 0.2) is 5.82 Å². The summed E-state index contributed by atoms with van der Waals surface area (Å²) >= 11 is 0. The quantitative estimate of drug-likeness (QED) is 0.642. The third-order valence-corrected chi connectivity index (χ3v) is 7.18. The molecule has 33 heavy (non-hydrogen) atoms. The molecule has 0 spiro atoms. The Balaban J connectivity index is 1.60. The number of nitrogens with zero attached hydrogens (tertiary/aromatic N) is 6. The minimum absolute atomic E-state index is 0.308. The summed E-state index contributed by atoms with van der Waals surface area (Å²) in [6.07, 6.45) is 2.33. The molecule has 9 nitrogen and oxygen atoms in total. The lowest BCUT2D eigenvalue weighted by Crippen LogP contribution is -2.51. The van der Waals surface area contributed by atoms with Crippen molar-refractivity contribution in [2.75, 3.05) is 58.5 Å². The number of benzene rings is 1. The van der Waals surface area contributed by atoms with Crippen LogP contribution in [0, 0.1) is 6.92 Å². The topological polar surface area (TPSA) is 88.8 Å². The fourth-order valence-corrected chi connectivity index (χ4v) is 5.03. The first-order valence-electron chi connectivity index (χ1n) is 11.5. The molecule has 1 N–H and O–H groups in total. The molecule has 2 aliphatic rings.